The van der Waals surface area contributed by atoms with E-state index in [0.29, 0.717) is 6.54 Å². The van der Waals surface area contributed by atoms with E-state index in [1.807, 2.05) is 36.0 Å². The van der Waals surface area contributed by atoms with Gasteiger partial charge in [-0.2, -0.15) is 11.8 Å². The average Bonchev–Trinajstić information content (AvgIpc) is 2.47. The Hall–Kier alpha value is -1.27. The lowest BCUT2D eigenvalue weighted by Crippen LogP contribution is -2.46. The van der Waals surface area contributed by atoms with Crippen LogP contribution in [-0.2, 0) is 0 Å². The average molecular weight is 279 g/mol. The molecule has 0 radical (unpaired) electrons. The fourth-order valence-corrected chi connectivity index (χ4v) is 3.50. The summed E-state index contributed by atoms with van der Waals surface area (Å²) >= 11 is 1.99. The molecular weight excluding hydrogens is 262 g/mol. The Bertz CT molecular complexity index is 451. The molecule has 1 aromatic rings. The molecule has 0 aliphatic carbocycles. The molecule has 0 aromatic heterocycles. The minimum atomic E-state index is 0.00991. The highest BCUT2D eigenvalue weighted by atomic mass is 32.2. The second kappa shape index (κ2) is 5.79. The molecule has 0 N–H and O–H groups in total. The topological polar surface area (TPSA) is 45.1 Å². The van der Waals surface area contributed by atoms with Gasteiger partial charge in [0, 0.05) is 31.1 Å². The van der Waals surface area contributed by atoms with Gasteiger partial charge in [0.25, 0.3) is 0 Å². The van der Waals surface area contributed by atoms with Crippen molar-refractivity contribution in [1.29, 1.82) is 0 Å². The van der Waals surface area contributed by atoms with E-state index in [-0.39, 0.29) is 6.10 Å². The highest BCUT2D eigenvalue weighted by Gasteiger charge is 2.28. The zero-order valence-corrected chi connectivity index (χ0v) is 11.5. The van der Waals surface area contributed by atoms with Crippen molar-refractivity contribution in [2.45, 2.75) is 6.10 Å². The lowest BCUT2D eigenvalue weighted by atomic mass is 10.2. The molecule has 5 nitrogen and oxygen atoms in total. The van der Waals surface area contributed by atoms with E-state index in [4.69, 9.17) is 4.74 Å². The first-order valence-electron chi connectivity index (χ1n) is 6.53. The first-order chi connectivity index (χ1) is 9.36. The molecule has 19 heavy (non-hydrogen) atoms. The van der Waals surface area contributed by atoms with Crippen molar-refractivity contribution in [3.63, 3.8) is 0 Å². The quantitative estimate of drug-likeness (QED) is 0.792. The molecule has 0 spiro atoms. The highest BCUT2D eigenvalue weighted by molar-refractivity contribution is 7.99. The lowest BCUT2D eigenvalue weighted by molar-refractivity contribution is 0.134. The van der Waals surface area contributed by atoms with Crippen LogP contribution >= 0.6 is 11.8 Å². The largest absolute Gasteiger partial charge is 0.485 e. The number of rotatable bonds is 3. The number of hydrogen-bond donors (Lipinski definition) is 0. The third-order valence-corrected chi connectivity index (χ3v) is 4.42. The van der Waals surface area contributed by atoms with Crippen LogP contribution < -0.4 is 9.75 Å². The normalized spacial score (nSPS) is 23.6. The molecule has 2 aliphatic rings. The van der Waals surface area contributed by atoms with E-state index in [0.717, 1.165) is 31.1 Å². The van der Waals surface area contributed by atoms with Crippen LogP contribution in [0.3, 0.4) is 0 Å². The second-order valence-electron chi connectivity index (χ2n) is 4.78. The van der Waals surface area contributed by atoms with Crippen LogP contribution in [0.5, 0.6) is 5.75 Å². The number of benzene rings is 1. The van der Waals surface area contributed by atoms with Crippen LogP contribution in [0.25, 0.3) is 0 Å². The van der Waals surface area contributed by atoms with Gasteiger partial charge in [0.15, 0.2) is 0 Å². The first kappa shape index (κ1) is 12.7. The van der Waals surface area contributed by atoms with Crippen LogP contribution in [0.2, 0.25) is 0 Å². The van der Waals surface area contributed by atoms with Gasteiger partial charge in [-0.1, -0.05) is 12.1 Å². The van der Waals surface area contributed by atoms with Gasteiger partial charge in [-0.05, 0) is 12.1 Å². The van der Waals surface area contributed by atoms with Gasteiger partial charge < -0.3 is 4.74 Å². The summed E-state index contributed by atoms with van der Waals surface area (Å²) in [5.41, 5.74) is 0.767. The van der Waals surface area contributed by atoms with Crippen LogP contribution in [0, 0.1) is 4.91 Å². The van der Waals surface area contributed by atoms with E-state index in [1.165, 1.54) is 16.5 Å². The van der Waals surface area contributed by atoms with Crippen molar-refractivity contribution in [3.05, 3.63) is 29.2 Å². The summed E-state index contributed by atoms with van der Waals surface area (Å²) in [5.74, 6) is 3.11. The molecule has 0 bridgehead atoms. The van der Waals surface area contributed by atoms with Crippen LogP contribution in [0.1, 0.15) is 0 Å². The number of para-hydroxylation sites is 2. The highest BCUT2D eigenvalue weighted by Crippen LogP contribution is 2.33. The molecule has 1 aromatic carbocycles. The predicted octanol–water partition coefficient (Wildman–Crippen LogP) is 1.98. The number of anilines is 1. The van der Waals surface area contributed by atoms with Crippen molar-refractivity contribution < 1.29 is 4.74 Å². The van der Waals surface area contributed by atoms with Crippen molar-refractivity contribution in [3.8, 4) is 5.75 Å². The Morgan fingerprint density at radius 2 is 2.11 bits per heavy atom. The summed E-state index contributed by atoms with van der Waals surface area (Å²) < 4.78 is 5.98. The Labute approximate surface area is 116 Å². The smallest absolute Gasteiger partial charge is 0.145 e. The third kappa shape index (κ3) is 2.84. The van der Waals surface area contributed by atoms with E-state index < -0.39 is 0 Å². The Morgan fingerprint density at radius 1 is 1.32 bits per heavy atom. The van der Waals surface area contributed by atoms with Gasteiger partial charge in [0.1, 0.15) is 17.5 Å². The molecule has 1 atom stereocenters. The molecule has 1 fully saturated rings. The van der Waals surface area contributed by atoms with Crippen molar-refractivity contribution in [2.75, 3.05) is 42.7 Å². The minimum absolute atomic E-state index is 0.00991. The number of hydrogen-bond acceptors (Lipinski definition) is 5. The summed E-state index contributed by atoms with van der Waals surface area (Å²) in [4.78, 5) is 13.4. The summed E-state index contributed by atoms with van der Waals surface area (Å²) in [6.07, 6.45) is 0.00991. The van der Waals surface area contributed by atoms with Gasteiger partial charge in [-0.15, -0.1) is 4.91 Å². The number of nitrogens with zero attached hydrogens (tertiary/aromatic N) is 3. The van der Waals surface area contributed by atoms with Gasteiger partial charge in [0.05, 0.1) is 11.8 Å². The molecule has 1 unspecified atom stereocenters. The van der Waals surface area contributed by atoms with Crippen LogP contribution in [0.15, 0.2) is 29.6 Å². The zero-order chi connectivity index (χ0) is 13.1. The van der Waals surface area contributed by atoms with Gasteiger partial charge >= 0.3 is 0 Å². The zero-order valence-electron chi connectivity index (χ0n) is 10.7. The molecule has 6 heteroatoms. The maximum Gasteiger partial charge on any atom is 0.145 e. The standard InChI is InChI=1S/C13H17N3O2S/c17-14-16-10-11(9-15-5-7-19-8-6-15)18-13-4-2-1-3-12(13)16/h1-4,11H,5-10H2. The van der Waals surface area contributed by atoms with Crippen molar-refractivity contribution in [2.24, 2.45) is 5.29 Å². The SMILES string of the molecule is O=NN1CC(CN2CCSCC2)Oc2ccccc21. The number of fused-ring (bicyclic) bond motifs is 1. The fourth-order valence-electron chi connectivity index (χ4n) is 2.52. The molecule has 1 saturated heterocycles. The van der Waals surface area contributed by atoms with E-state index in [9.17, 15) is 4.91 Å². The molecule has 2 heterocycles. The maximum atomic E-state index is 11.0. The van der Waals surface area contributed by atoms with E-state index in [1.54, 1.807) is 0 Å². The van der Waals surface area contributed by atoms with Gasteiger partial charge in [0.2, 0.25) is 0 Å². The van der Waals surface area contributed by atoms with Crippen LogP contribution in [0.4, 0.5) is 5.69 Å². The van der Waals surface area contributed by atoms with Gasteiger partial charge in [-0.25, -0.2) is 5.01 Å². The Kier molecular flexibility index (Phi) is 3.89. The second-order valence-corrected chi connectivity index (χ2v) is 6.01. The maximum absolute atomic E-state index is 11.0. The summed E-state index contributed by atoms with van der Waals surface area (Å²) in [6, 6.07) is 7.57. The first-order valence-corrected chi connectivity index (χ1v) is 7.69. The molecular formula is C13H17N3O2S. The van der Waals surface area contributed by atoms with E-state index >= 15 is 0 Å². The lowest BCUT2D eigenvalue weighted by Gasteiger charge is -2.35. The molecule has 0 amide bonds. The summed E-state index contributed by atoms with van der Waals surface area (Å²) in [5, 5.41) is 4.62. The number of thioether (sulfide) groups is 1. The number of nitroso groups, excluding NO2 is 1. The number of ether oxygens (including phenoxy) is 1. The molecule has 0 saturated carbocycles. The molecule has 102 valence electrons. The van der Waals surface area contributed by atoms with E-state index in [2.05, 4.69) is 10.2 Å². The Morgan fingerprint density at radius 3 is 2.89 bits per heavy atom. The summed E-state index contributed by atoms with van der Waals surface area (Å²) in [6.45, 7) is 3.59. The predicted molar refractivity (Wildman–Crippen MR) is 77.8 cm³/mol. The molecule has 2 aliphatic heterocycles. The minimum Gasteiger partial charge on any atom is -0.485 e. The third-order valence-electron chi connectivity index (χ3n) is 3.48. The fraction of sp³-hybridized carbons (Fsp3) is 0.538. The van der Waals surface area contributed by atoms with Crippen molar-refractivity contribution in [1.82, 2.24) is 4.90 Å². The molecule has 3 rings (SSSR count). The Balaban J connectivity index is 1.70. The van der Waals surface area contributed by atoms with Crippen molar-refractivity contribution >= 4 is 17.4 Å². The van der Waals surface area contributed by atoms with Gasteiger partial charge in [-0.3, -0.25) is 4.90 Å². The summed E-state index contributed by atoms with van der Waals surface area (Å²) in [7, 11) is 0. The monoisotopic (exact) mass is 279 g/mol. The van der Waals surface area contributed by atoms with Crippen LogP contribution in [-0.4, -0.2) is 48.7 Å².